The average molecular weight is 364 g/mol. The first-order valence-corrected chi connectivity index (χ1v) is 7.79. The maximum Gasteiger partial charge on any atom is 0.267 e. The van der Waals surface area contributed by atoms with Gasteiger partial charge in [-0.15, -0.1) is 0 Å². The molecule has 0 saturated carbocycles. The summed E-state index contributed by atoms with van der Waals surface area (Å²) < 4.78 is 1.60. The summed E-state index contributed by atoms with van der Waals surface area (Å²) in [5.74, 6) is 0.654. The normalized spacial score (nSPS) is 12.5. The van der Waals surface area contributed by atoms with Crippen molar-refractivity contribution in [3.63, 3.8) is 0 Å². The number of rotatable bonds is 2. The fraction of sp³-hybridized carbons (Fsp3) is 0.125. The molecule has 3 aromatic rings. The topological polar surface area (TPSA) is 34.9 Å². The fourth-order valence-corrected chi connectivity index (χ4v) is 2.86. The van der Waals surface area contributed by atoms with Crippen molar-refractivity contribution >= 4 is 38.4 Å². The van der Waals surface area contributed by atoms with Gasteiger partial charge in [-0.2, -0.15) is 0 Å². The highest BCUT2D eigenvalue weighted by molar-refractivity contribution is 9.09. The molecule has 0 saturated heterocycles. The third kappa shape index (κ3) is 2.49. The fourth-order valence-electron chi connectivity index (χ4n) is 2.30. The van der Waals surface area contributed by atoms with Gasteiger partial charge >= 0.3 is 0 Å². The van der Waals surface area contributed by atoms with Crippen molar-refractivity contribution in [2.75, 3.05) is 0 Å². The molecule has 0 N–H and O–H groups in total. The van der Waals surface area contributed by atoms with Gasteiger partial charge in [0.15, 0.2) is 0 Å². The van der Waals surface area contributed by atoms with Gasteiger partial charge in [-0.25, -0.2) is 4.98 Å². The number of para-hydroxylation sites is 1. The summed E-state index contributed by atoms with van der Waals surface area (Å²) in [6.07, 6.45) is 0. The van der Waals surface area contributed by atoms with Gasteiger partial charge in [0.1, 0.15) is 5.82 Å². The van der Waals surface area contributed by atoms with Crippen LogP contribution in [0.15, 0.2) is 53.3 Å². The van der Waals surface area contributed by atoms with E-state index in [1.165, 1.54) is 0 Å². The molecule has 3 nitrogen and oxygen atoms in total. The van der Waals surface area contributed by atoms with Crippen LogP contribution < -0.4 is 5.56 Å². The van der Waals surface area contributed by atoms with Crippen LogP contribution in [0.1, 0.15) is 17.6 Å². The van der Waals surface area contributed by atoms with E-state index in [4.69, 9.17) is 11.6 Å². The number of alkyl halides is 1. The van der Waals surface area contributed by atoms with Gasteiger partial charge in [0.2, 0.25) is 0 Å². The first kappa shape index (κ1) is 14.3. The van der Waals surface area contributed by atoms with Crippen molar-refractivity contribution in [3.8, 4) is 5.69 Å². The van der Waals surface area contributed by atoms with Crippen LogP contribution in [0, 0.1) is 0 Å². The van der Waals surface area contributed by atoms with Crippen molar-refractivity contribution in [1.82, 2.24) is 9.55 Å². The van der Waals surface area contributed by atoms with Gasteiger partial charge in [-0.3, -0.25) is 9.36 Å². The molecular weight excluding hydrogens is 352 g/mol. The van der Waals surface area contributed by atoms with E-state index in [-0.39, 0.29) is 10.4 Å². The minimum atomic E-state index is -0.155. The Morgan fingerprint density at radius 2 is 1.86 bits per heavy atom. The number of nitrogens with zero attached hydrogens (tertiary/aromatic N) is 2. The second-order valence-electron chi connectivity index (χ2n) is 4.70. The molecule has 0 radical (unpaired) electrons. The maximum absolute atomic E-state index is 12.9. The molecular formula is C16H12BrClN2O. The third-order valence-corrected chi connectivity index (χ3v) is 3.97. The summed E-state index contributed by atoms with van der Waals surface area (Å²) in [6, 6.07) is 14.8. The molecule has 0 aliphatic rings. The first-order chi connectivity index (χ1) is 10.1. The lowest BCUT2D eigenvalue weighted by Gasteiger charge is -2.15. The van der Waals surface area contributed by atoms with Crippen molar-refractivity contribution in [1.29, 1.82) is 0 Å². The van der Waals surface area contributed by atoms with E-state index in [9.17, 15) is 4.79 Å². The van der Waals surface area contributed by atoms with Gasteiger partial charge in [0.05, 0.1) is 26.4 Å². The Bertz CT molecular complexity index is 859. The summed E-state index contributed by atoms with van der Waals surface area (Å²) in [6.45, 7) is 1.94. The average Bonchev–Trinajstić information content (AvgIpc) is 2.47. The van der Waals surface area contributed by atoms with Gasteiger partial charge < -0.3 is 0 Å². The highest BCUT2D eigenvalue weighted by atomic mass is 79.9. The molecule has 0 aliphatic carbocycles. The van der Waals surface area contributed by atoms with Crippen LogP contribution in [0.3, 0.4) is 0 Å². The van der Waals surface area contributed by atoms with E-state index < -0.39 is 0 Å². The molecule has 5 heteroatoms. The molecule has 0 amide bonds. The Morgan fingerprint density at radius 1 is 1.14 bits per heavy atom. The summed E-state index contributed by atoms with van der Waals surface area (Å²) in [5, 5.41) is 0.864. The second-order valence-corrected chi connectivity index (χ2v) is 6.48. The lowest BCUT2D eigenvalue weighted by atomic mass is 10.2. The largest absolute Gasteiger partial charge is 0.268 e. The van der Waals surface area contributed by atoms with E-state index in [0.717, 1.165) is 5.69 Å². The lowest BCUT2D eigenvalue weighted by Crippen LogP contribution is -2.24. The highest BCUT2D eigenvalue weighted by Gasteiger charge is 2.17. The predicted molar refractivity (Wildman–Crippen MR) is 89.7 cm³/mol. The zero-order valence-corrected chi connectivity index (χ0v) is 13.6. The summed E-state index contributed by atoms with van der Waals surface area (Å²) in [4.78, 5) is 17.4. The predicted octanol–water partition coefficient (Wildman–Crippen LogP) is 4.50. The van der Waals surface area contributed by atoms with E-state index >= 15 is 0 Å². The van der Waals surface area contributed by atoms with Crippen LogP contribution in [-0.4, -0.2) is 9.55 Å². The molecule has 1 aromatic heterocycles. The molecule has 21 heavy (non-hydrogen) atoms. The number of benzene rings is 2. The Labute approximate surface area is 135 Å². The van der Waals surface area contributed by atoms with Gasteiger partial charge in [-0.05, 0) is 31.2 Å². The van der Waals surface area contributed by atoms with Crippen molar-refractivity contribution < 1.29 is 0 Å². The van der Waals surface area contributed by atoms with Crippen LogP contribution in [0.4, 0.5) is 0 Å². The van der Waals surface area contributed by atoms with Gasteiger partial charge in [-0.1, -0.05) is 51.8 Å². The second kappa shape index (κ2) is 5.62. The molecule has 0 spiro atoms. The van der Waals surface area contributed by atoms with Gasteiger partial charge in [0, 0.05) is 0 Å². The van der Waals surface area contributed by atoms with Crippen LogP contribution in [-0.2, 0) is 0 Å². The number of hydrogen-bond acceptors (Lipinski definition) is 2. The minimum absolute atomic E-state index is 0.0613. The molecule has 1 heterocycles. The van der Waals surface area contributed by atoms with Crippen molar-refractivity contribution in [3.05, 3.63) is 69.7 Å². The highest BCUT2D eigenvalue weighted by Crippen LogP contribution is 2.25. The number of aromatic nitrogens is 2. The number of halogens is 2. The molecule has 1 atom stereocenters. The van der Waals surface area contributed by atoms with E-state index in [1.807, 2.05) is 37.3 Å². The van der Waals surface area contributed by atoms with Crippen molar-refractivity contribution in [2.45, 2.75) is 11.8 Å². The quantitative estimate of drug-likeness (QED) is 0.629. The first-order valence-electron chi connectivity index (χ1n) is 6.50. The molecule has 0 fully saturated rings. The summed E-state index contributed by atoms with van der Waals surface area (Å²) >= 11 is 9.70. The van der Waals surface area contributed by atoms with Crippen LogP contribution in [0.25, 0.3) is 16.6 Å². The Hall–Kier alpha value is -1.65. The molecule has 1 unspecified atom stereocenters. The lowest BCUT2D eigenvalue weighted by molar-refractivity contribution is 0.828. The standard InChI is InChI=1S/C16H12BrClN2O/c1-10(17)15-19-13-9-5-8-12(18)14(13)16(21)20(15)11-6-3-2-4-7-11/h2-10H,1H3. The Kier molecular flexibility index (Phi) is 3.83. The Balaban J connectivity index is 2.47. The maximum atomic E-state index is 12.9. The molecule has 0 aliphatic heterocycles. The van der Waals surface area contributed by atoms with E-state index in [2.05, 4.69) is 20.9 Å². The zero-order chi connectivity index (χ0) is 15.0. The smallest absolute Gasteiger partial charge is 0.267 e. The van der Waals surface area contributed by atoms with Crippen LogP contribution in [0.5, 0.6) is 0 Å². The molecule has 3 rings (SSSR count). The van der Waals surface area contributed by atoms with E-state index in [0.29, 0.717) is 21.7 Å². The van der Waals surface area contributed by atoms with Crippen molar-refractivity contribution in [2.24, 2.45) is 0 Å². The minimum Gasteiger partial charge on any atom is -0.268 e. The molecule has 2 aromatic carbocycles. The van der Waals surface area contributed by atoms with Crippen LogP contribution >= 0.6 is 27.5 Å². The van der Waals surface area contributed by atoms with Gasteiger partial charge in [0.25, 0.3) is 5.56 Å². The number of fused-ring (bicyclic) bond motifs is 1. The molecule has 106 valence electrons. The van der Waals surface area contributed by atoms with E-state index in [1.54, 1.807) is 22.8 Å². The monoisotopic (exact) mass is 362 g/mol. The summed E-state index contributed by atoms with van der Waals surface area (Å²) in [7, 11) is 0. The summed E-state index contributed by atoms with van der Waals surface area (Å²) in [5.41, 5.74) is 1.23. The van der Waals surface area contributed by atoms with Crippen LogP contribution in [0.2, 0.25) is 5.02 Å². The SMILES string of the molecule is CC(Br)c1nc2cccc(Cl)c2c(=O)n1-c1ccccc1. The molecule has 0 bridgehead atoms. The third-order valence-electron chi connectivity index (χ3n) is 3.24. The number of hydrogen-bond donors (Lipinski definition) is 0. The Morgan fingerprint density at radius 3 is 2.52 bits per heavy atom. The zero-order valence-electron chi connectivity index (χ0n) is 11.3.